The SMILES string of the molecule is O=C1NC2(Nc3ccccc31)C(=O)N(Cc1cccc3ccccc13)c1ccccc12. The average molecular weight is 405 g/mol. The van der Waals surface area contributed by atoms with Gasteiger partial charge in [0.05, 0.1) is 17.8 Å². The van der Waals surface area contributed by atoms with Gasteiger partial charge in [-0.3, -0.25) is 9.59 Å². The summed E-state index contributed by atoms with van der Waals surface area (Å²) in [5, 5.41) is 8.55. The summed E-state index contributed by atoms with van der Waals surface area (Å²) in [5.41, 5.74) is 2.48. The van der Waals surface area contributed by atoms with Gasteiger partial charge in [0.25, 0.3) is 11.8 Å². The van der Waals surface area contributed by atoms with Crippen LogP contribution in [0.5, 0.6) is 0 Å². The van der Waals surface area contributed by atoms with Gasteiger partial charge in [-0.05, 0) is 34.5 Å². The van der Waals surface area contributed by atoms with Crippen LogP contribution in [-0.2, 0) is 17.0 Å². The lowest BCUT2D eigenvalue weighted by Gasteiger charge is -2.36. The largest absolute Gasteiger partial charge is 0.350 e. The highest BCUT2D eigenvalue weighted by Crippen LogP contribution is 2.44. The van der Waals surface area contributed by atoms with Crippen molar-refractivity contribution in [3.63, 3.8) is 0 Å². The summed E-state index contributed by atoms with van der Waals surface area (Å²) in [5.74, 6) is -0.450. The summed E-state index contributed by atoms with van der Waals surface area (Å²) < 4.78 is 0. The van der Waals surface area contributed by atoms with Gasteiger partial charge in [-0.15, -0.1) is 0 Å². The first-order valence-electron chi connectivity index (χ1n) is 10.3. The van der Waals surface area contributed by atoms with Crippen LogP contribution in [0, 0.1) is 0 Å². The molecule has 150 valence electrons. The molecule has 0 bridgehead atoms. The van der Waals surface area contributed by atoms with Crippen molar-refractivity contribution in [2.75, 3.05) is 10.2 Å². The normalized spacial score (nSPS) is 19.2. The van der Waals surface area contributed by atoms with E-state index in [2.05, 4.69) is 28.8 Å². The molecular formula is C26H19N3O2. The van der Waals surface area contributed by atoms with Gasteiger partial charge in [0.1, 0.15) is 0 Å². The van der Waals surface area contributed by atoms with Crippen LogP contribution in [-0.4, -0.2) is 11.8 Å². The molecule has 2 heterocycles. The maximum atomic E-state index is 13.9. The van der Waals surface area contributed by atoms with Crippen LogP contribution in [0.2, 0.25) is 0 Å². The Labute approximate surface area is 179 Å². The number of nitrogens with one attached hydrogen (secondary N) is 2. The number of nitrogens with zero attached hydrogens (tertiary/aromatic N) is 1. The third-order valence-electron chi connectivity index (χ3n) is 6.17. The Balaban J connectivity index is 1.48. The van der Waals surface area contributed by atoms with Crippen molar-refractivity contribution < 1.29 is 9.59 Å². The van der Waals surface area contributed by atoms with Crippen molar-refractivity contribution in [2.45, 2.75) is 12.2 Å². The number of rotatable bonds is 2. The Morgan fingerprint density at radius 2 is 1.48 bits per heavy atom. The Morgan fingerprint density at radius 1 is 0.742 bits per heavy atom. The Hall–Kier alpha value is -4.12. The van der Waals surface area contributed by atoms with Gasteiger partial charge in [0.2, 0.25) is 5.66 Å². The predicted octanol–water partition coefficient (Wildman–Crippen LogP) is 4.39. The summed E-state index contributed by atoms with van der Waals surface area (Å²) in [7, 11) is 0. The van der Waals surface area contributed by atoms with Crippen molar-refractivity contribution in [1.29, 1.82) is 0 Å². The van der Waals surface area contributed by atoms with Crippen LogP contribution in [0.25, 0.3) is 10.8 Å². The van der Waals surface area contributed by atoms with E-state index in [4.69, 9.17) is 0 Å². The molecule has 2 amide bonds. The van der Waals surface area contributed by atoms with Crippen molar-refractivity contribution >= 4 is 34.0 Å². The van der Waals surface area contributed by atoms with E-state index < -0.39 is 5.66 Å². The first-order chi connectivity index (χ1) is 15.2. The van der Waals surface area contributed by atoms with E-state index in [-0.39, 0.29) is 11.8 Å². The summed E-state index contributed by atoms with van der Waals surface area (Å²) in [6, 6.07) is 29.2. The molecule has 4 aromatic rings. The highest BCUT2D eigenvalue weighted by molar-refractivity contribution is 6.15. The molecule has 0 aliphatic carbocycles. The van der Waals surface area contributed by atoms with E-state index >= 15 is 0 Å². The molecule has 0 fully saturated rings. The molecule has 0 aromatic heterocycles. The summed E-state index contributed by atoms with van der Waals surface area (Å²) >= 11 is 0. The zero-order valence-corrected chi connectivity index (χ0v) is 16.6. The quantitative estimate of drug-likeness (QED) is 0.520. The van der Waals surface area contributed by atoms with E-state index in [1.807, 2.05) is 66.7 Å². The smallest absolute Gasteiger partial charge is 0.278 e. The second kappa shape index (κ2) is 6.44. The van der Waals surface area contributed by atoms with Crippen molar-refractivity contribution in [3.8, 4) is 0 Å². The third kappa shape index (κ3) is 2.50. The maximum Gasteiger partial charge on any atom is 0.278 e. The van der Waals surface area contributed by atoms with E-state index in [9.17, 15) is 9.59 Å². The number of benzene rings is 4. The summed E-state index contributed by atoms with van der Waals surface area (Å²) in [6.07, 6.45) is 0. The van der Waals surface area contributed by atoms with Crippen LogP contribution in [0.4, 0.5) is 11.4 Å². The molecule has 4 aromatic carbocycles. The van der Waals surface area contributed by atoms with Crippen molar-refractivity contribution in [3.05, 3.63) is 108 Å². The molecule has 0 saturated carbocycles. The van der Waals surface area contributed by atoms with E-state index in [0.29, 0.717) is 17.8 Å². The predicted molar refractivity (Wildman–Crippen MR) is 121 cm³/mol. The second-order valence-electron chi connectivity index (χ2n) is 7.92. The molecule has 2 N–H and O–H groups in total. The molecule has 1 atom stereocenters. The summed E-state index contributed by atoms with van der Waals surface area (Å²) in [6.45, 7) is 0.415. The monoisotopic (exact) mass is 405 g/mol. The molecule has 5 heteroatoms. The van der Waals surface area contributed by atoms with E-state index in [0.717, 1.165) is 27.6 Å². The molecular weight excluding hydrogens is 386 g/mol. The second-order valence-corrected chi connectivity index (χ2v) is 7.92. The Kier molecular flexibility index (Phi) is 3.68. The zero-order valence-electron chi connectivity index (χ0n) is 16.6. The standard InChI is InChI=1S/C26H19N3O2/c30-24-20-12-3-5-14-22(20)27-26(28-24)21-13-4-6-15-23(21)29(25(26)31)16-18-10-7-9-17-8-1-2-11-19(17)18/h1-15,27H,16H2,(H,28,30). The average Bonchev–Trinajstić information content (AvgIpc) is 3.02. The Morgan fingerprint density at radius 3 is 2.42 bits per heavy atom. The third-order valence-corrected chi connectivity index (χ3v) is 6.17. The molecule has 0 radical (unpaired) electrons. The lowest BCUT2D eigenvalue weighted by atomic mass is 9.96. The van der Waals surface area contributed by atoms with Crippen LogP contribution >= 0.6 is 0 Å². The molecule has 31 heavy (non-hydrogen) atoms. The molecule has 6 rings (SSSR count). The maximum absolute atomic E-state index is 13.9. The number of anilines is 2. The number of para-hydroxylation sites is 2. The molecule has 1 unspecified atom stereocenters. The highest BCUT2D eigenvalue weighted by atomic mass is 16.2. The number of hydrogen-bond acceptors (Lipinski definition) is 3. The fourth-order valence-corrected chi connectivity index (χ4v) is 4.71. The van der Waals surface area contributed by atoms with Gasteiger partial charge in [-0.2, -0.15) is 0 Å². The number of carbonyl (C=O) groups is 2. The highest BCUT2D eigenvalue weighted by Gasteiger charge is 2.54. The number of carbonyl (C=O) groups excluding carboxylic acids is 2. The fourth-order valence-electron chi connectivity index (χ4n) is 4.71. The first kappa shape index (κ1) is 17.7. The first-order valence-corrected chi connectivity index (χ1v) is 10.3. The minimum atomic E-state index is -1.31. The van der Waals surface area contributed by atoms with Crippen LogP contribution in [0.3, 0.4) is 0 Å². The van der Waals surface area contributed by atoms with Gasteiger partial charge >= 0.3 is 0 Å². The lowest BCUT2D eigenvalue weighted by molar-refractivity contribution is -0.123. The minimum absolute atomic E-state index is 0.190. The molecule has 1 spiro atoms. The van der Waals surface area contributed by atoms with Gasteiger partial charge in [-0.1, -0.05) is 72.8 Å². The molecule has 0 saturated heterocycles. The summed E-state index contributed by atoms with van der Waals surface area (Å²) in [4.78, 5) is 28.6. The number of fused-ring (bicyclic) bond motifs is 4. The van der Waals surface area contributed by atoms with Crippen LogP contribution in [0.15, 0.2) is 91.0 Å². The van der Waals surface area contributed by atoms with E-state index in [1.165, 1.54) is 0 Å². The molecule has 2 aliphatic rings. The zero-order chi connectivity index (χ0) is 21.0. The van der Waals surface area contributed by atoms with Crippen molar-refractivity contribution in [1.82, 2.24) is 5.32 Å². The molecule has 5 nitrogen and oxygen atoms in total. The van der Waals surface area contributed by atoms with Gasteiger partial charge < -0.3 is 15.5 Å². The van der Waals surface area contributed by atoms with Gasteiger partial charge in [0.15, 0.2) is 0 Å². The fraction of sp³-hybridized carbons (Fsp3) is 0.0769. The minimum Gasteiger partial charge on any atom is -0.350 e. The molecule has 2 aliphatic heterocycles. The van der Waals surface area contributed by atoms with Crippen LogP contribution < -0.4 is 15.5 Å². The van der Waals surface area contributed by atoms with Gasteiger partial charge in [0, 0.05) is 11.3 Å². The van der Waals surface area contributed by atoms with Crippen molar-refractivity contribution in [2.24, 2.45) is 0 Å². The topological polar surface area (TPSA) is 61.4 Å². The number of amides is 2. The van der Waals surface area contributed by atoms with Gasteiger partial charge in [-0.25, -0.2) is 0 Å². The lowest BCUT2D eigenvalue weighted by Crippen LogP contribution is -2.60. The number of hydrogen-bond donors (Lipinski definition) is 2. The van der Waals surface area contributed by atoms with E-state index in [1.54, 1.807) is 11.0 Å². The Bertz CT molecular complexity index is 1370. The van der Waals surface area contributed by atoms with Crippen LogP contribution in [0.1, 0.15) is 21.5 Å².